The molecule has 1 rings (SSSR count). The maximum atomic E-state index is 11.7. The fourth-order valence-electron chi connectivity index (χ4n) is 1.64. The summed E-state index contributed by atoms with van der Waals surface area (Å²) in [6, 6.07) is 6.41. The van der Waals surface area contributed by atoms with Gasteiger partial charge in [0.25, 0.3) is 0 Å². The van der Waals surface area contributed by atoms with Crippen molar-refractivity contribution in [1.29, 1.82) is 0 Å². The van der Waals surface area contributed by atoms with Crippen molar-refractivity contribution < 1.29 is 19.0 Å². The van der Waals surface area contributed by atoms with Gasteiger partial charge in [-0.1, -0.05) is 25.7 Å². The number of esters is 1. The molecule has 0 amide bonds. The Labute approximate surface area is 128 Å². The van der Waals surface area contributed by atoms with Gasteiger partial charge in [0.05, 0.1) is 12.2 Å². The smallest absolute Gasteiger partial charge is 0.338 e. The van der Waals surface area contributed by atoms with E-state index in [1.54, 1.807) is 19.1 Å². The molecule has 0 aliphatic carbocycles. The first-order valence-electron chi connectivity index (χ1n) is 7.32. The molecular formula is C16H26O4Si. The Hall–Kier alpha value is -1.33. The third kappa shape index (κ3) is 6.77. The van der Waals surface area contributed by atoms with E-state index in [-0.39, 0.29) is 12.8 Å². The molecule has 0 aliphatic rings. The van der Waals surface area contributed by atoms with E-state index >= 15 is 0 Å². The number of carbonyl (C=O) groups excluding carboxylic acids is 1. The molecule has 0 unspecified atom stereocenters. The minimum absolute atomic E-state index is 0.206. The van der Waals surface area contributed by atoms with E-state index in [1.165, 1.54) is 0 Å². The van der Waals surface area contributed by atoms with Crippen LogP contribution in [0.25, 0.3) is 0 Å². The fourth-order valence-corrected chi connectivity index (χ4v) is 2.40. The maximum Gasteiger partial charge on any atom is 0.338 e. The number of carbonyl (C=O) groups is 1. The van der Waals surface area contributed by atoms with Gasteiger partial charge in [-0.15, -0.1) is 0 Å². The van der Waals surface area contributed by atoms with Crippen molar-refractivity contribution in [2.24, 2.45) is 0 Å². The van der Waals surface area contributed by atoms with Gasteiger partial charge in [0, 0.05) is 14.7 Å². The highest BCUT2D eigenvalue weighted by molar-refractivity contribution is 6.76. The average Bonchev–Trinajstić information content (AvgIpc) is 2.39. The summed E-state index contributed by atoms with van der Waals surface area (Å²) in [6.45, 7) is 11.9. The largest absolute Gasteiger partial charge is 0.467 e. The summed E-state index contributed by atoms with van der Waals surface area (Å²) in [7, 11) is -1.07. The number of aryl methyl sites for hydroxylation is 1. The normalized spacial score (nSPS) is 11.3. The van der Waals surface area contributed by atoms with Crippen molar-refractivity contribution in [1.82, 2.24) is 0 Å². The molecule has 21 heavy (non-hydrogen) atoms. The molecule has 0 atom stereocenters. The summed E-state index contributed by atoms with van der Waals surface area (Å²) in [4.78, 5) is 11.7. The summed E-state index contributed by atoms with van der Waals surface area (Å²) in [5, 5.41) is 0. The quantitative estimate of drug-likeness (QED) is 0.316. The lowest BCUT2D eigenvalue weighted by Gasteiger charge is -2.16. The van der Waals surface area contributed by atoms with E-state index in [9.17, 15) is 4.79 Å². The molecule has 0 saturated carbocycles. The lowest BCUT2D eigenvalue weighted by atomic mass is 10.1. The Morgan fingerprint density at radius 2 is 1.95 bits per heavy atom. The number of benzene rings is 1. The van der Waals surface area contributed by atoms with Gasteiger partial charge in [-0.3, -0.25) is 0 Å². The predicted octanol–water partition coefficient (Wildman–Crippen LogP) is 3.86. The van der Waals surface area contributed by atoms with Crippen LogP contribution >= 0.6 is 0 Å². The zero-order chi connectivity index (χ0) is 15.9. The van der Waals surface area contributed by atoms with Crippen LogP contribution in [-0.4, -0.2) is 34.0 Å². The van der Waals surface area contributed by atoms with Gasteiger partial charge in [-0.05, 0) is 37.6 Å². The lowest BCUT2D eigenvalue weighted by Crippen LogP contribution is -2.22. The summed E-state index contributed by atoms with van der Waals surface area (Å²) >= 11 is 0. The molecule has 0 saturated heterocycles. The van der Waals surface area contributed by atoms with Crippen LogP contribution in [0.1, 0.15) is 22.8 Å². The van der Waals surface area contributed by atoms with Crippen molar-refractivity contribution in [2.75, 3.05) is 20.0 Å². The molecule has 0 fully saturated rings. The minimum atomic E-state index is -1.07. The van der Waals surface area contributed by atoms with E-state index < -0.39 is 8.07 Å². The number of ether oxygens (including phenoxy) is 3. The van der Waals surface area contributed by atoms with Crippen molar-refractivity contribution in [3.63, 3.8) is 0 Å². The van der Waals surface area contributed by atoms with Crippen molar-refractivity contribution in [2.45, 2.75) is 39.5 Å². The van der Waals surface area contributed by atoms with Crippen molar-refractivity contribution in [3.05, 3.63) is 29.3 Å². The molecule has 1 aromatic rings. The monoisotopic (exact) mass is 310 g/mol. The van der Waals surface area contributed by atoms with E-state index in [0.717, 1.165) is 11.6 Å². The van der Waals surface area contributed by atoms with Crippen LogP contribution < -0.4 is 4.74 Å². The van der Waals surface area contributed by atoms with Gasteiger partial charge in [-0.25, -0.2) is 4.79 Å². The topological polar surface area (TPSA) is 44.8 Å². The molecule has 0 aromatic heterocycles. The highest BCUT2D eigenvalue weighted by Crippen LogP contribution is 2.20. The van der Waals surface area contributed by atoms with Gasteiger partial charge >= 0.3 is 5.97 Å². The molecular weight excluding hydrogens is 284 g/mol. The number of hydrogen-bond acceptors (Lipinski definition) is 4. The van der Waals surface area contributed by atoms with Crippen molar-refractivity contribution in [3.8, 4) is 5.75 Å². The van der Waals surface area contributed by atoms with Crippen LogP contribution in [0.2, 0.25) is 25.7 Å². The average molecular weight is 310 g/mol. The summed E-state index contributed by atoms with van der Waals surface area (Å²) in [5.41, 5.74) is 1.47. The first kappa shape index (κ1) is 17.7. The lowest BCUT2D eigenvalue weighted by molar-refractivity contribution is 0.0214. The Balaban J connectivity index is 2.51. The Kier molecular flexibility index (Phi) is 6.91. The van der Waals surface area contributed by atoms with E-state index in [4.69, 9.17) is 14.2 Å². The van der Waals surface area contributed by atoms with Gasteiger partial charge < -0.3 is 14.2 Å². The minimum Gasteiger partial charge on any atom is -0.467 e. The maximum absolute atomic E-state index is 11.7. The van der Waals surface area contributed by atoms with Crippen LogP contribution in [-0.2, 0) is 9.47 Å². The van der Waals surface area contributed by atoms with Gasteiger partial charge in [-0.2, -0.15) is 0 Å². The number of rotatable bonds is 8. The first-order valence-corrected chi connectivity index (χ1v) is 11.0. The predicted molar refractivity (Wildman–Crippen MR) is 86.7 cm³/mol. The highest BCUT2D eigenvalue weighted by Gasteiger charge is 2.12. The molecule has 0 aliphatic heterocycles. The van der Waals surface area contributed by atoms with Crippen LogP contribution in [0.5, 0.6) is 5.75 Å². The van der Waals surface area contributed by atoms with Gasteiger partial charge in [0.15, 0.2) is 6.79 Å². The van der Waals surface area contributed by atoms with Gasteiger partial charge in [0.2, 0.25) is 0 Å². The van der Waals surface area contributed by atoms with E-state index in [2.05, 4.69) is 19.6 Å². The van der Waals surface area contributed by atoms with Crippen LogP contribution in [0, 0.1) is 6.92 Å². The molecule has 118 valence electrons. The molecule has 0 N–H and O–H groups in total. The number of hydrogen-bond donors (Lipinski definition) is 0. The Morgan fingerprint density at radius 1 is 1.24 bits per heavy atom. The van der Waals surface area contributed by atoms with Crippen molar-refractivity contribution >= 4 is 14.0 Å². The zero-order valence-electron chi connectivity index (χ0n) is 13.7. The third-order valence-corrected chi connectivity index (χ3v) is 4.70. The summed E-state index contributed by atoms with van der Waals surface area (Å²) in [6.07, 6.45) is 0. The van der Waals surface area contributed by atoms with E-state index in [0.29, 0.717) is 24.5 Å². The second kappa shape index (κ2) is 8.19. The highest BCUT2D eigenvalue weighted by atomic mass is 28.3. The molecule has 0 bridgehead atoms. The first-order chi connectivity index (χ1) is 9.83. The van der Waals surface area contributed by atoms with Crippen LogP contribution in [0.4, 0.5) is 0 Å². The zero-order valence-corrected chi connectivity index (χ0v) is 14.7. The second-order valence-electron chi connectivity index (χ2n) is 6.18. The molecule has 0 heterocycles. The molecule has 0 radical (unpaired) electrons. The summed E-state index contributed by atoms with van der Waals surface area (Å²) < 4.78 is 16.1. The Bertz CT molecular complexity index is 466. The Morgan fingerprint density at radius 3 is 2.57 bits per heavy atom. The third-order valence-electron chi connectivity index (χ3n) is 2.99. The fraction of sp³-hybridized carbons (Fsp3) is 0.562. The second-order valence-corrected chi connectivity index (χ2v) is 11.8. The SMILES string of the molecule is CCOC(=O)c1ccc(C)c(OCOCC[Si](C)(C)C)c1. The van der Waals surface area contributed by atoms with Gasteiger partial charge in [0.1, 0.15) is 5.75 Å². The molecule has 5 heteroatoms. The molecule has 0 spiro atoms. The molecule has 4 nitrogen and oxygen atoms in total. The molecule has 1 aromatic carbocycles. The van der Waals surface area contributed by atoms with E-state index in [1.807, 2.05) is 13.0 Å². The summed E-state index contributed by atoms with van der Waals surface area (Å²) in [5.74, 6) is 0.329. The van der Waals surface area contributed by atoms with Crippen LogP contribution in [0.15, 0.2) is 18.2 Å². The standard InChI is InChI=1S/C16H26O4Si/c1-6-19-16(17)14-8-7-13(2)15(11-14)20-12-18-9-10-21(3,4)5/h7-8,11H,6,9-10,12H2,1-5H3. The van der Waals surface area contributed by atoms with Crippen LogP contribution in [0.3, 0.4) is 0 Å².